The third-order valence-corrected chi connectivity index (χ3v) is 6.15. The van der Waals surface area contributed by atoms with Crippen LogP contribution >= 0.6 is 0 Å². The van der Waals surface area contributed by atoms with E-state index in [4.69, 9.17) is 9.84 Å². The number of aliphatic carboxylic acids is 1. The Balaban J connectivity index is 1.99. The first-order valence-electron chi connectivity index (χ1n) is 10.4. The van der Waals surface area contributed by atoms with Gasteiger partial charge in [-0.2, -0.15) is 0 Å². The molecule has 0 spiro atoms. The van der Waals surface area contributed by atoms with Gasteiger partial charge in [0, 0.05) is 12.3 Å². The number of hydrogen-bond acceptors (Lipinski definition) is 3. The summed E-state index contributed by atoms with van der Waals surface area (Å²) in [4.78, 5) is 10.6. The van der Waals surface area contributed by atoms with Crippen LogP contribution in [0.4, 0.5) is 8.78 Å². The molecule has 2 rings (SSSR count). The van der Waals surface area contributed by atoms with Gasteiger partial charge >= 0.3 is 5.97 Å². The van der Waals surface area contributed by atoms with Crippen LogP contribution in [0.15, 0.2) is 24.3 Å². The summed E-state index contributed by atoms with van der Waals surface area (Å²) in [7, 11) is 0. The fourth-order valence-corrected chi connectivity index (χ4v) is 4.38. The lowest BCUT2D eigenvalue weighted by Gasteiger charge is -2.25. The molecule has 0 aromatic rings. The van der Waals surface area contributed by atoms with Crippen molar-refractivity contribution in [1.29, 1.82) is 0 Å². The van der Waals surface area contributed by atoms with E-state index in [0.29, 0.717) is 19.3 Å². The molecular formula is C22H34F2O4. The van der Waals surface area contributed by atoms with Crippen molar-refractivity contribution in [2.45, 2.75) is 89.4 Å². The van der Waals surface area contributed by atoms with Crippen molar-refractivity contribution in [3.05, 3.63) is 24.3 Å². The summed E-state index contributed by atoms with van der Waals surface area (Å²) in [5, 5.41) is 18.9. The number of fused-ring (bicyclic) bond motifs is 1. The van der Waals surface area contributed by atoms with Gasteiger partial charge in [0.05, 0.1) is 6.10 Å². The number of carboxylic acids is 1. The largest absolute Gasteiger partial charge is 0.481 e. The van der Waals surface area contributed by atoms with Crippen LogP contribution in [-0.4, -0.2) is 46.3 Å². The molecule has 160 valence electrons. The lowest BCUT2D eigenvalue weighted by Crippen LogP contribution is -2.33. The summed E-state index contributed by atoms with van der Waals surface area (Å²) in [5.74, 6) is -1.14. The topological polar surface area (TPSA) is 66.8 Å². The van der Waals surface area contributed by atoms with Crippen LogP contribution in [0.5, 0.6) is 0 Å². The average Bonchev–Trinajstić information content (AvgIpc) is 3.09. The second-order valence-corrected chi connectivity index (χ2v) is 8.52. The van der Waals surface area contributed by atoms with Gasteiger partial charge in [0.25, 0.3) is 0 Å². The standard InChI is InChI=1S/C22H34F2O4/c1-4-5-12-22(3,24)18(25)11-10-15-14(2)13-17-20(15)21(23)16(28-17)8-6-7-9-19(26)27/h6,8,10-11,14-18,20-21,25H,4-5,7,9,12-13H2,1-3H3,(H,26,27)/t14-,15+,16-,17-,18-,20-,21-,22?/m1/s1. The summed E-state index contributed by atoms with van der Waals surface area (Å²) in [5.41, 5.74) is -1.69. The van der Waals surface area contributed by atoms with Crippen LogP contribution < -0.4 is 0 Å². The van der Waals surface area contributed by atoms with Crippen LogP contribution in [0.2, 0.25) is 0 Å². The van der Waals surface area contributed by atoms with Crippen LogP contribution in [0.25, 0.3) is 0 Å². The summed E-state index contributed by atoms with van der Waals surface area (Å²) in [6.45, 7) is 5.42. The van der Waals surface area contributed by atoms with E-state index in [9.17, 15) is 14.3 Å². The van der Waals surface area contributed by atoms with Crippen LogP contribution in [0, 0.1) is 17.8 Å². The second kappa shape index (κ2) is 9.97. The highest BCUT2D eigenvalue weighted by molar-refractivity contribution is 5.66. The normalized spacial score (nSPS) is 36.1. The monoisotopic (exact) mass is 400 g/mol. The molecule has 2 N–H and O–H groups in total. The van der Waals surface area contributed by atoms with Gasteiger partial charge in [-0.3, -0.25) is 4.79 Å². The molecular weight excluding hydrogens is 366 g/mol. The molecule has 0 aromatic carbocycles. The zero-order chi connectivity index (χ0) is 20.9. The van der Waals surface area contributed by atoms with Crippen LogP contribution in [0.3, 0.4) is 0 Å². The van der Waals surface area contributed by atoms with E-state index in [1.165, 1.54) is 13.0 Å². The molecule has 2 fully saturated rings. The Bertz CT molecular complexity index is 575. The summed E-state index contributed by atoms with van der Waals surface area (Å²) >= 11 is 0. The number of alkyl halides is 2. The SMILES string of the molecule is CCCCC(C)(F)[C@H](O)C=C[C@@H]1[C@H]2[C@H](F)[C@@H](C=CCCC(=O)O)O[C@@H]2C[C@H]1C. The number of ether oxygens (including phenoxy) is 1. The zero-order valence-corrected chi connectivity index (χ0v) is 17.1. The summed E-state index contributed by atoms with van der Waals surface area (Å²) in [6.07, 6.45) is 6.19. The molecule has 8 atom stereocenters. The Kier molecular flexibility index (Phi) is 8.19. The second-order valence-electron chi connectivity index (χ2n) is 8.52. The first-order valence-corrected chi connectivity index (χ1v) is 10.4. The molecule has 28 heavy (non-hydrogen) atoms. The van der Waals surface area contributed by atoms with Gasteiger partial charge in [0.1, 0.15) is 24.0 Å². The molecule has 0 aromatic heterocycles. The molecule has 0 amide bonds. The van der Waals surface area contributed by atoms with E-state index in [0.717, 1.165) is 12.8 Å². The van der Waals surface area contributed by atoms with Crippen molar-refractivity contribution in [2.75, 3.05) is 0 Å². The number of aliphatic hydroxyl groups excluding tert-OH is 1. The number of carboxylic acid groups (broad SMARTS) is 1. The Hall–Kier alpha value is -1.27. The third kappa shape index (κ3) is 5.63. The zero-order valence-electron chi connectivity index (χ0n) is 17.1. The number of hydrogen-bond donors (Lipinski definition) is 2. The number of aliphatic hydroxyl groups is 1. The Labute approximate surface area is 166 Å². The highest BCUT2D eigenvalue weighted by Crippen LogP contribution is 2.48. The quantitative estimate of drug-likeness (QED) is 0.525. The van der Waals surface area contributed by atoms with Crippen molar-refractivity contribution in [3.8, 4) is 0 Å². The van der Waals surface area contributed by atoms with Gasteiger partial charge in [-0.1, -0.05) is 51.0 Å². The summed E-state index contributed by atoms with van der Waals surface area (Å²) < 4.78 is 35.5. The first kappa shape index (κ1) is 23.0. The summed E-state index contributed by atoms with van der Waals surface area (Å²) in [6, 6.07) is 0. The van der Waals surface area contributed by atoms with Crippen molar-refractivity contribution in [1.82, 2.24) is 0 Å². The minimum absolute atomic E-state index is 0.00729. The van der Waals surface area contributed by atoms with Gasteiger partial charge in [-0.05, 0) is 38.0 Å². The number of rotatable bonds is 10. The lowest BCUT2D eigenvalue weighted by molar-refractivity contribution is -0.136. The molecule has 1 aliphatic heterocycles. The maximum absolute atomic E-state index is 15.0. The highest BCUT2D eigenvalue weighted by atomic mass is 19.1. The van der Waals surface area contributed by atoms with Gasteiger partial charge in [-0.15, -0.1) is 0 Å². The van der Waals surface area contributed by atoms with E-state index in [2.05, 4.69) is 0 Å². The third-order valence-electron chi connectivity index (χ3n) is 6.15. The molecule has 1 heterocycles. The lowest BCUT2D eigenvalue weighted by atomic mass is 9.84. The maximum Gasteiger partial charge on any atom is 0.303 e. The van der Waals surface area contributed by atoms with E-state index in [1.54, 1.807) is 18.2 Å². The molecule has 0 radical (unpaired) electrons. The van der Waals surface area contributed by atoms with Gasteiger partial charge < -0.3 is 14.9 Å². The van der Waals surface area contributed by atoms with Gasteiger partial charge in [0.15, 0.2) is 0 Å². The molecule has 1 aliphatic carbocycles. The van der Waals surface area contributed by atoms with E-state index < -0.39 is 30.0 Å². The van der Waals surface area contributed by atoms with Crippen molar-refractivity contribution in [2.24, 2.45) is 17.8 Å². The highest BCUT2D eigenvalue weighted by Gasteiger charge is 2.53. The number of carbonyl (C=O) groups is 1. The minimum atomic E-state index is -1.69. The van der Waals surface area contributed by atoms with Crippen LogP contribution in [0.1, 0.15) is 59.3 Å². The first-order chi connectivity index (χ1) is 13.2. The molecule has 0 bridgehead atoms. The predicted molar refractivity (Wildman–Crippen MR) is 105 cm³/mol. The number of halogens is 2. The smallest absolute Gasteiger partial charge is 0.303 e. The predicted octanol–water partition coefficient (Wildman–Crippen LogP) is 4.62. The van der Waals surface area contributed by atoms with E-state index in [1.807, 2.05) is 13.8 Å². The molecule has 4 nitrogen and oxygen atoms in total. The minimum Gasteiger partial charge on any atom is -0.481 e. The number of unbranched alkanes of at least 4 members (excludes halogenated alkanes) is 1. The van der Waals surface area contributed by atoms with Crippen molar-refractivity contribution < 1.29 is 28.5 Å². The molecule has 6 heteroatoms. The Morgan fingerprint density at radius 2 is 2.11 bits per heavy atom. The Morgan fingerprint density at radius 3 is 2.75 bits per heavy atom. The average molecular weight is 401 g/mol. The molecule has 1 unspecified atom stereocenters. The maximum atomic E-state index is 15.0. The molecule has 1 saturated carbocycles. The molecule has 2 aliphatic rings. The molecule has 1 saturated heterocycles. The van der Waals surface area contributed by atoms with E-state index >= 15 is 4.39 Å². The number of allylic oxidation sites excluding steroid dienone is 2. The fraction of sp³-hybridized carbons (Fsp3) is 0.773. The Morgan fingerprint density at radius 1 is 1.39 bits per heavy atom. The fourth-order valence-electron chi connectivity index (χ4n) is 4.38. The van der Waals surface area contributed by atoms with E-state index in [-0.39, 0.29) is 30.3 Å². The van der Waals surface area contributed by atoms with Crippen molar-refractivity contribution in [3.63, 3.8) is 0 Å². The van der Waals surface area contributed by atoms with Crippen molar-refractivity contribution >= 4 is 5.97 Å². The van der Waals surface area contributed by atoms with Gasteiger partial charge in [0.2, 0.25) is 0 Å². The van der Waals surface area contributed by atoms with Crippen LogP contribution in [-0.2, 0) is 9.53 Å². The van der Waals surface area contributed by atoms with Gasteiger partial charge in [-0.25, -0.2) is 8.78 Å².